The van der Waals surface area contributed by atoms with Gasteiger partial charge < -0.3 is 15.7 Å². The minimum Gasteiger partial charge on any atom is -0.478 e. The van der Waals surface area contributed by atoms with Crippen molar-refractivity contribution < 1.29 is 19.5 Å². The first-order valence-electron chi connectivity index (χ1n) is 5.90. The molecule has 0 saturated heterocycles. The molecular formula is C12H17N3O4S. The Morgan fingerprint density at radius 2 is 1.90 bits per heavy atom. The lowest BCUT2D eigenvalue weighted by molar-refractivity contribution is -0.130. The maximum Gasteiger partial charge on any atom is 0.340 e. The summed E-state index contributed by atoms with van der Waals surface area (Å²) in [6.45, 7) is 6.53. The number of carbonyl (C=O) groups is 3. The van der Waals surface area contributed by atoms with Gasteiger partial charge in [0.2, 0.25) is 11.8 Å². The molecule has 1 aromatic rings. The number of hydrogen-bond donors (Lipinski definition) is 3. The van der Waals surface area contributed by atoms with Crippen LogP contribution in [0.15, 0.2) is 0 Å². The summed E-state index contributed by atoms with van der Waals surface area (Å²) in [5.41, 5.74) is -0.268. The summed E-state index contributed by atoms with van der Waals surface area (Å²) in [7, 11) is 0. The summed E-state index contributed by atoms with van der Waals surface area (Å²) < 4.78 is 3.88. The largest absolute Gasteiger partial charge is 0.478 e. The molecule has 0 aliphatic rings. The summed E-state index contributed by atoms with van der Waals surface area (Å²) in [4.78, 5) is 34.3. The Hall–Kier alpha value is -1.96. The molecule has 0 radical (unpaired) electrons. The van der Waals surface area contributed by atoms with Gasteiger partial charge >= 0.3 is 5.97 Å². The molecule has 0 unspecified atom stereocenters. The van der Waals surface area contributed by atoms with E-state index in [-0.39, 0.29) is 23.0 Å². The van der Waals surface area contributed by atoms with Crippen LogP contribution in [-0.4, -0.2) is 33.8 Å². The van der Waals surface area contributed by atoms with E-state index in [1.807, 2.05) is 0 Å². The van der Waals surface area contributed by atoms with Crippen molar-refractivity contribution in [3.05, 3.63) is 11.3 Å². The molecule has 0 saturated carbocycles. The van der Waals surface area contributed by atoms with Crippen LogP contribution < -0.4 is 10.6 Å². The molecule has 0 fully saturated rings. The topological polar surface area (TPSA) is 108 Å². The van der Waals surface area contributed by atoms with Gasteiger partial charge in [0, 0.05) is 5.41 Å². The van der Waals surface area contributed by atoms with E-state index in [2.05, 4.69) is 15.0 Å². The molecule has 1 rings (SSSR count). The third-order valence-electron chi connectivity index (χ3n) is 2.42. The molecule has 0 aliphatic carbocycles. The highest BCUT2D eigenvalue weighted by molar-refractivity contribution is 7.11. The number of aromatic carboxylic acids is 1. The van der Waals surface area contributed by atoms with E-state index < -0.39 is 17.3 Å². The van der Waals surface area contributed by atoms with Crippen LogP contribution in [0.4, 0.5) is 5.00 Å². The van der Waals surface area contributed by atoms with Gasteiger partial charge in [-0.1, -0.05) is 20.8 Å². The summed E-state index contributed by atoms with van der Waals surface area (Å²) in [5, 5.41) is 14.1. The first-order valence-corrected chi connectivity index (χ1v) is 6.68. The number of carboxylic acids is 1. The van der Waals surface area contributed by atoms with Crippen LogP contribution in [-0.2, 0) is 9.59 Å². The number of hydrogen-bond acceptors (Lipinski definition) is 5. The molecule has 3 N–H and O–H groups in total. The number of carboxylic acid groups (broad SMARTS) is 1. The van der Waals surface area contributed by atoms with Gasteiger partial charge in [-0.15, -0.1) is 0 Å². The molecule has 0 spiro atoms. The van der Waals surface area contributed by atoms with Crippen LogP contribution in [0.25, 0.3) is 0 Å². The number of aryl methyl sites for hydroxylation is 1. The lowest BCUT2D eigenvalue weighted by Crippen LogP contribution is -2.39. The van der Waals surface area contributed by atoms with Crippen LogP contribution in [0, 0.1) is 12.3 Å². The van der Waals surface area contributed by atoms with Crippen molar-refractivity contribution >= 4 is 34.3 Å². The molecule has 20 heavy (non-hydrogen) atoms. The third-order valence-corrected chi connectivity index (χ3v) is 3.27. The lowest BCUT2D eigenvalue weighted by atomic mass is 9.96. The molecule has 7 nitrogen and oxygen atoms in total. The zero-order chi connectivity index (χ0) is 15.5. The normalized spacial score (nSPS) is 11.0. The highest BCUT2D eigenvalue weighted by Crippen LogP contribution is 2.24. The molecule has 110 valence electrons. The van der Waals surface area contributed by atoms with E-state index in [1.54, 1.807) is 27.7 Å². The second-order valence-corrected chi connectivity index (χ2v) is 6.03. The SMILES string of the molecule is Cc1nsc(NC(=O)CNC(=O)C(C)(C)C)c1C(=O)O. The van der Waals surface area contributed by atoms with Crippen molar-refractivity contribution in [2.45, 2.75) is 27.7 Å². The van der Waals surface area contributed by atoms with Crippen molar-refractivity contribution in [1.29, 1.82) is 0 Å². The number of aromatic nitrogens is 1. The quantitative estimate of drug-likeness (QED) is 0.775. The predicted octanol–water partition coefficient (Wildman–Crippen LogP) is 1.25. The second-order valence-electron chi connectivity index (χ2n) is 5.26. The van der Waals surface area contributed by atoms with Crippen molar-refractivity contribution in [3.63, 3.8) is 0 Å². The first kappa shape index (κ1) is 16.1. The Bertz CT molecular complexity index is 545. The van der Waals surface area contributed by atoms with Gasteiger partial charge in [-0.05, 0) is 18.5 Å². The van der Waals surface area contributed by atoms with Crippen molar-refractivity contribution in [2.24, 2.45) is 5.41 Å². The number of rotatable bonds is 4. The average molecular weight is 299 g/mol. The fourth-order valence-electron chi connectivity index (χ4n) is 1.30. The van der Waals surface area contributed by atoms with Crippen LogP contribution >= 0.6 is 11.5 Å². The molecular weight excluding hydrogens is 282 g/mol. The fraction of sp³-hybridized carbons (Fsp3) is 0.500. The van der Waals surface area contributed by atoms with Crippen molar-refractivity contribution in [1.82, 2.24) is 9.69 Å². The standard InChI is InChI=1S/C12H17N3O4S/c1-6-8(10(17)18)9(20-15-6)14-7(16)5-13-11(19)12(2,3)4/h5H2,1-4H3,(H,13,19)(H,14,16)(H,17,18). The van der Waals surface area contributed by atoms with Crippen molar-refractivity contribution in [2.75, 3.05) is 11.9 Å². The summed E-state index contributed by atoms with van der Waals surface area (Å²) in [5.74, 6) is -1.90. The Balaban J connectivity index is 2.64. The number of carbonyl (C=O) groups excluding carboxylic acids is 2. The third kappa shape index (κ3) is 4.02. The zero-order valence-corrected chi connectivity index (χ0v) is 12.6. The van der Waals surface area contributed by atoms with Crippen LogP contribution in [0.2, 0.25) is 0 Å². The monoisotopic (exact) mass is 299 g/mol. The van der Waals surface area contributed by atoms with Crippen LogP contribution in [0.3, 0.4) is 0 Å². The number of anilines is 1. The van der Waals surface area contributed by atoms with Gasteiger partial charge in [-0.3, -0.25) is 9.59 Å². The van der Waals surface area contributed by atoms with Gasteiger partial charge in [-0.25, -0.2) is 4.79 Å². The molecule has 0 aromatic carbocycles. The van der Waals surface area contributed by atoms with E-state index >= 15 is 0 Å². The first-order chi connectivity index (χ1) is 9.12. The lowest BCUT2D eigenvalue weighted by Gasteiger charge is -2.17. The van der Waals surface area contributed by atoms with Gasteiger partial charge in [0.25, 0.3) is 0 Å². The minimum atomic E-state index is -1.15. The maximum absolute atomic E-state index is 11.7. The Morgan fingerprint density at radius 3 is 2.40 bits per heavy atom. The van der Waals surface area contributed by atoms with E-state index in [4.69, 9.17) is 5.11 Å². The fourth-order valence-corrected chi connectivity index (χ4v) is 2.11. The average Bonchev–Trinajstić information content (AvgIpc) is 2.66. The summed E-state index contributed by atoms with van der Waals surface area (Å²) in [6, 6.07) is 0. The zero-order valence-electron chi connectivity index (χ0n) is 11.7. The number of nitrogens with zero attached hydrogens (tertiary/aromatic N) is 1. The van der Waals surface area contributed by atoms with Gasteiger partial charge in [0.15, 0.2) is 0 Å². The van der Waals surface area contributed by atoms with E-state index in [0.717, 1.165) is 11.5 Å². The molecule has 8 heteroatoms. The highest BCUT2D eigenvalue weighted by Gasteiger charge is 2.22. The molecule has 1 aromatic heterocycles. The maximum atomic E-state index is 11.7. The number of nitrogens with one attached hydrogen (secondary N) is 2. The molecule has 1 heterocycles. The molecule has 0 aliphatic heterocycles. The van der Waals surface area contributed by atoms with Crippen molar-refractivity contribution in [3.8, 4) is 0 Å². The predicted molar refractivity (Wildman–Crippen MR) is 74.9 cm³/mol. The number of amides is 2. The highest BCUT2D eigenvalue weighted by atomic mass is 32.1. The van der Waals surface area contributed by atoms with E-state index in [9.17, 15) is 14.4 Å². The Kier molecular flexibility index (Phi) is 4.83. The second kappa shape index (κ2) is 6.00. The van der Waals surface area contributed by atoms with Crippen LogP contribution in [0.1, 0.15) is 36.8 Å². The van der Waals surface area contributed by atoms with E-state index in [1.165, 1.54) is 0 Å². The molecule has 0 bridgehead atoms. The Labute approximate surface area is 120 Å². The molecule has 0 atom stereocenters. The van der Waals surface area contributed by atoms with Gasteiger partial charge in [-0.2, -0.15) is 4.37 Å². The smallest absolute Gasteiger partial charge is 0.340 e. The minimum absolute atomic E-state index is 0.0227. The van der Waals surface area contributed by atoms with Crippen LogP contribution in [0.5, 0.6) is 0 Å². The summed E-state index contributed by atoms with van der Waals surface area (Å²) in [6.07, 6.45) is 0. The van der Waals surface area contributed by atoms with E-state index in [0.29, 0.717) is 5.69 Å². The van der Waals surface area contributed by atoms with Gasteiger partial charge in [0.05, 0.1) is 12.2 Å². The Morgan fingerprint density at radius 1 is 1.30 bits per heavy atom. The van der Waals surface area contributed by atoms with Gasteiger partial charge in [0.1, 0.15) is 10.6 Å². The molecule has 2 amide bonds. The summed E-state index contributed by atoms with van der Waals surface area (Å²) >= 11 is 0.897.